The van der Waals surface area contributed by atoms with Gasteiger partial charge in [-0.1, -0.05) is 18.7 Å². The molecule has 1 aliphatic rings. The third kappa shape index (κ3) is 3.32. The van der Waals surface area contributed by atoms with Gasteiger partial charge in [0.25, 0.3) is 0 Å². The Morgan fingerprint density at radius 2 is 2.38 bits per heavy atom. The molecule has 1 aromatic heterocycles. The van der Waals surface area contributed by atoms with Crippen LogP contribution in [-0.4, -0.2) is 43.2 Å². The molecule has 0 spiro atoms. The molecular formula is C13H22N4O3S. The van der Waals surface area contributed by atoms with E-state index in [0.29, 0.717) is 31.1 Å². The summed E-state index contributed by atoms with van der Waals surface area (Å²) < 4.78 is 1.58. The molecule has 0 saturated heterocycles. The van der Waals surface area contributed by atoms with E-state index in [1.165, 1.54) is 11.8 Å². The Hall–Kier alpha value is -1.28. The second kappa shape index (κ2) is 6.65. The lowest BCUT2D eigenvalue weighted by Gasteiger charge is -2.37. The summed E-state index contributed by atoms with van der Waals surface area (Å²) in [5, 5.41) is 20.0. The zero-order chi connectivity index (χ0) is 15.5. The number of aliphatic carboxylic acids is 1. The van der Waals surface area contributed by atoms with Gasteiger partial charge in [-0.05, 0) is 39.2 Å². The SMILES string of the molecule is CCNC1(C(=O)O)CCCC(Sc2n[nH]c(=O)n2CC)C1. The highest BCUT2D eigenvalue weighted by atomic mass is 32.2. The first-order valence-electron chi connectivity index (χ1n) is 7.32. The van der Waals surface area contributed by atoms with Crippen molar-refractivity contribution in [2.45, 2.75) is 62.0 Å². The van der Waals surface area contributed by atoms with Crippen LogP contribution < -0.4 is 11.0 Å². The van der Waals surface area contributed by atoms with Crippen LogP contribution in [0.15, 0.2) is 9.95 Å². The molecule has 8 heteroatoms. The van der Waals surface area contributed by atoms with E-state index in [2.05, 4.69) is 15.5 Å². The predicted molar refractivity (Wildman–Crippen MR) is 80.7 cm³/mol. The third-order valence-corrected chi connectivity index (χ3v) is 5.20. The topological polar surface area (TPSA) is 100 Å². The molecule has 0 aromatic carbocycles. The molecule has 0 aliphatic heterocycles. The predicted octanol–water partition coefficient (Wildman–Crippen LogP) is 1.06. The van der Waals surface area contributed by atoms with E-state index in [1.54, 1.807) is 4.57 Å². The summed E-state index contributed by atoms with van der Waals surface area (Å²) in [6, 6.07) is 0. The molecule has 2 atom stereocenters. The molecule has 0 bridgehead atoms. The Labute approximate surface area is 127 Å². The van der Waals surface area contributed by atoms with E-state index in [-0.39, 0.29) is 10.9 Å². The Balaban J connectivity index is 2.13. The van der Waals surface area contributed by atoms with Crippen LogP contribution in [0.2, 0.25) is 0 Å². The van der Waals surface area contributed by atoms with Crippen molar-refractivity contribution in [3.8, 4) is 0 Å². The molecule has 1 aromatic rings. The molecule has 2 unspecified atom stereocenters. The standard InChI is InChI=1S/C13H22N4O3S/c1-3-14-13(10(18)19)7-5-6-9(8-13)21-12-16-15-11(20)17(12)4-2/h9,14H,3-8H2,1-2H3,(H,15,20)(H,18,19). The highest BCUT2D eigenvalue weighted by Crippen LogP contribution is 2.37. The van der Waals surface area contributed by atoms with Gasteiger partial charge in [0, 0.05) is 11.8 Å². The van der Waals surface area contributed by atoms with E-state index in [1.807, 2.05) is 13.8 Å². The number of nitrogens with zero attached hydrogens (tertiary/aromatic N) is 2. The number of hydrogen-bond donors (Lipinski definition) is 3. The van der Waals surface area contributed by atoms with Crippen molar-refractivity contribution >= 4 is 17.7 Å². The molecule has 7 nitrogen and oxygen atoms in total. The third-order valence-electron chi connectivity index (χ3n) is 3.94. The fraction of sp³-hybridized carbons (Fsp3) is 0.769. The number of carbonyl (C=O) groups is 1. The maximum absolute atomic E-state index is 11.6. The minimum Gasteiger partial charge on any atom is -0.480 e. The van der Waals surface area contributed by atoms with Crippen LogP contribution in [0.5, 0.6) is 0 Å². The molecule has 3 N–H and O–H groups in total. The molecule has 21 heavy (non-hydrogen) atoms. The number of rotatable bonds is 6. The van der Waals surface area contributed by atoms with Gasteiger partial charge in [0.1, 0.15) is 5.54 Å². The number of carboxylic acids is 1. The minimum atomic E-state index is -0.849. The quantitative estimate of drug-likeness (QED) is 0.726. The zero-order valence-electron chi connectivity index (χ0n) is 12.4. The largest absolute Gasteiger partial charge is 0.480 e. The Morgan fingerprint density at radius 1 is 1.62 bits per heavy atom. The highest BCUT2D eigenvalue weighted by molar-refractivity contribution is 7.99. The molecule has 1 heterocycles. The normalized spacial score (nSPS) is 25.9. The van der Waals surface area contributed by atoms with Crippen LogP contribution in [0, 0.1) is 0 Å². The maximum Gasteiger partial charge on any atom is 0.343 e. The van der Waals surface area contributed by atoms with E-state index >= 15 is 0 Å². The molecule has 1 aliphatic carbocycles. The summed E-state index contributed by atoms with van der Waals surface area (Å²) in [6.07, 6.45) is 2.99. The van der Waals surface area contributed by atoms with E-state index in [9.17, 15) is 14.7 Å². The van der Waals surface area contributed by atoms with Gasteiger partial charge in [-0.2, -0.15) is 0 Å². The second-order valence-corrected chi connectivity index (χ2v) is 6.58. The Bertz CT molecular complexity index is 552. The van der Waals surface area contributed by atoms with Crippen LogP contribution >= 0.6 is 11.8 Å². The lowest BCUT2D eigenvalue weighted by atomic mass is 9.81. The van der Waals surface area contributed by atoms with Crippen LogP contribution in [0.1, 0.15) is 39.5 Å². The monoisotopic (exact) mass is 314 g/mol. The lowest BCUT2D eigenvalue weighted by molar-refractivity contribution is -0.146. The summed E-state index contributed by atoms with van der Waals surface area (Å²) in [4.78, 5) is 23.2. The average molecular weight is 314 g/mol. The van der Waals surface area contributed by atoms with Gasteiger partial charge >= 0.3 is 11.7 Å². The van der Waals surface area contributed by atoms with Gasteiger partial charge in [0.15, 0.2) is 5.16 Å². The first kappa shape index (κ1) is 16.1. The van der Waals surface area contributed by atoms with Crippen molar-refractivity contribution in [3.63, 3.8) is 0 Å². The number of thioether (sulfide) groups is 1. The number of nitrogens with one attached hydrogen (secondary N) is 2. The van der Waals surface area contributed by atoms with Crippen molar-refractivity contribution in [2.75, 3.05) is 6.54 Å². The lowest BCUT2D eigenvalue weighted by Crippen LogP contribution is -2.55. The summed E-state index contributed by atoms with van der Waals surface area (Å²) >= 11 is 1.50. The van der Waals surface area contributed by atoms with E-state index in [0.717, 1.165) is 12.8 Å². The second-order valence-electron chi connectivity index (χ2n) is 5.31. The molecule has 0 radical (unpaired) electrons. The first-order valence-corrected chi connectivity index (χ1v) is 8.20. The molecular weight excluding hydrogens is 292 g/mol. The highest BCUT2D eigenvalue weighted by Gasteiger charge is 2.42. The van der Waals surface area contributed by atoms with Gasteiger partial charge in [-0.15, -0.1) is 5.10 Å². The summed E-state index contributed by atoms with van der Waals surface area (Å²) in [5.74, 6) is -0.787. The molecule has 0 amide bonds. The molecule has 1 saturated carbocycles. The Kier molecular flexibility index (Phi) is 5.10. The Morgan fingerprint density at radius 3 is 3.00 bits per heavy atom. The van der Waals surface area contributed by atoms with Crippen molar-refractivity contribution in [1.82, 2.24) is 20.1 Å². The van der Waals surface area contributed by atoms with Crippen molar-refractivity contribution in [3.05, 3.63) is 10.5 Å². The number of aromatic amines is 1. The fourth-order valence-corrected chi connectivity index (χ4v) is 4.30. The summed E-state index contributed by atoms with van der Waals surface area (Å²) in [6.45, 7) is 5.00. The average Bonchev–Trinajstić information content (AvgIpc) is 2.79. The molecule has 2 rings (SSSR count). The van der Waals surface area contributed by atoms with Crippen molar-refractivity contribution < 1.29 is 9.90 Å². The van der Waals surface area contributed by atoms with Crippen LogP contribution in [0.3, 0.4) is 0 Å². The number of H-pyrrole nitrogens is 1. The zero-order valence-corrected chi connectivity index (χ0v) is 13.2. The van der Waals surface area contributed by atoms with Gasteiger partial charge < -0.3 is 10.4 Å². The summed E-state index contributed by atoms with van der Waals surface area (Å²) in [5.41, 5.74) is -1.06. The van der Waals surface area contributed by atoms with Crippen molar-refractivity contribution in [1.29, 1.82) is 0 Å². The van der Waals surface area contributed by atoms with Gasteiger partial charge in [-0.25, -0.2) is 9.89 Å². The maximum atomic E-state index is 11.6. The number of aromatic nitrogens is 3. The summed E-state index contributed by atoms with van der Waals surface area (Å²) in [7, 11) is 0. The number of likely N-dealkylation sites (N-methyl/N-ethyl adjacent to an activating group) is 1. The smallest absolute Gasteiger partial charge is 0.343 e. The fourth-order valence-electron chi connectivity index (χ4n) is 2.91. The van der Waals surface area contributed by atoms with E-state index < -0.39 is 11.5 Å². The van der Waals surface area contributed by atoms with Crippen molar-refractivity contribution in [2.24, 2.45) is 0 Å². The van der Waals surface area contributed by atoms with E-state index in [4.69, 9.17) is 0 Å². The van der Waals surface area contributed by atoms with Gasteiger partial charge in [0.2, 0.25) is 0 Å². The molecule has 118 valence electrons. The van der Waals surface area contributed by atoms with Crippen LogP contribution in [-0.2, 0) is 11.3 Å². The van der Waals surface area contributed by atoms with Crippen LogP contribution in [0.4, 0.5) is 0 Å². The minimum absolute atomic E-state index is 0.148. The molecule has 1 fully saturated rings. The first-order chi connectivity index (χ1) is 10.0. The number of hydrogen-bond acceptors (Lipinski definition) is 5. The number of carboxylic acid groups (broad SMARTS) is 1. The van der Waals surface area contributed by atoms with Gasteiger partial charge in [-0.3, -0.25) is 9.36 Å². The van der Waals surface area contributed by atoms with Gasteiger partial charge in [0.05, 0.1) is 0 Å². The van der Waals surface area contributed by atoms with Crippen LogP contribution in [0.25, 0.3) is 0 Å².